The number of hydrogen-bond donors (Lipinski definition) is 3. The van der Waals surface area contributed by atoms with Crippen molar-refractivity contribution in [2.45, 2.75) is 19.6 Å². The third-order valence-electron chi connectivity index (χ3n) is 6.21. The number of ether oxygens (including phenoxy) is 1. The van der Waals surface area contributed by atoms with Gasteiger partial charge in [0.15, 0.2) is 0 Å². The summed E-state index contributed by atoms with van der Waals surface area (Å²) in [5.41, 5.74) is 1.63. The number of methoxy groups -OCH3 is 1. The van der Waals surface area contributed by atoms with Gasteiger partial charge in [0.05, 0.1) is 40.3 Å². The number of aromatic nitrogens is 4. The molecule has 0 radical (unpaired) electrons. The molecule has 0 fully saturated rings. The number of carbonyl (C=O) groups excluding carboxylic acids is 1. The summed E-state index contributed by atoms with van der Waals surface area (Å²) in [6.45, 7) is 2.49. The Kier molecular flexibility index (Phi) is 9.24. The standard InChI is InChI=1S/C28H28Cl2N6O5/c1-15(37)12-31-13-17-10-20(29)24(34-26(17)41-4)16-8-9-32-22(11-16)18-6-5-7-21(23(18)30)33-25(38)19-14-35(2)28(40)36(3)27(19)39/h5-11,14-15,31,37H,12-13H2,1-4H3,(H,33,38). The number of anilines is 1. The van der Waals surface area contributed by atoms with Crippen molar-refractivity contribution in [3.63, 3.8) is 0 Å². The van der Waals surface area contributed by atoms with Crippen LogP contribution in [0.3, 0.4) is 0 Å². The molecule has 1 unspecified atom stereocenters. The predicted octanol–water partition coefficient (Wildman–Crippen LogP) is 3.25. The van der Waals surface area contributed by atoms with Gasteiger partial charge in [0.2, 0.25) is 5.88 Å². The van der Waals surface area contributed by atoms with Gasteiger partial charge in [-0.1, -0.05) is 35.3 Å². The quantitative estimate of drug-likeness (QED) is 0.267. The largest absolute Gasteiger partial charge is 0.481 e. The zero-order chi connectivity index (χ0) is 29.8. The van der Waals surface area contributed by atoms with Crippen molar-refractivity contribution in [1.82, 2.24) is 24.4 Å². The fourth-order valence-electron chi connectivity index (χ4n) is 4.14. The van der Waals surface area contributed by atoms with Gasteiger partial charge < -0.3 is 25.0 Å². The number of carbonyl (C=O) groups is 1. The third kappa shape index (κ3) is 6.49. The Hall–Kier alpha value is -4.03. The van der Waals surface area contributed by atoms with Crippen molar-refractivity contribution >= 4 is 34.8 Å². The van der Waals surface area contributed by atoms with E-state index in [0.717, 1.165) is 14.7 Å². The highest BCUT2D eigenvalue weighted by Crippen LogP contribution is 2.36. The Bertz CT molecular complexity index is 1730. The van der Waals surface area contributed by atoms with Gasteiger partial charge in [0, 0.05) is 56.3 Å². The van der Waals surface area contributed by atoms with Crippen LogP contribution in [0, 0.1) is 0 Å². The molecule has 214 valence electrons. The van der Waals surface area contributed by atoms with Crippen LogP contribution in [-0.4, -0.2) is 49.9 Å². The third-order valence-corrected chi connectivity index (χ3v) is 6.91. The van der Waals surface area contributed by atoms with Gasteiger partial charge in [0.1, 0.15) is 5.56 Å². The minimum absolute atomic E-state index is 0.198. The lowest BCUT2D eigenvalue weighted by Crippen LogP contribution is -2.40. The first-order valence-electron chi connectivity index (χ1n) is 12.5. The lowest BCUT2D eigenvalue weighted by Gasteiger charge is -2.14. The van der Waals surface area contributed by atoms with Crippen LogP contribution in [0.25, 0.3) is 22.5 Å². The van der Waals surface area contributed by atoms with E-state index in [0.29, 0.717) is 46.5 Å². The first-order chi connectivity index (χ1) is 19.5. The van der Waals surface area contributed by atoms with Crippen LogP contribution in [0.2, 0.25) is 10.0 Å². The molecule has 3 heterocycles. The molecule has 1 amide bonds. The second-order valence-electron chi connectivity index (χ2n) is 9.32. The highest BCUT2D eigenvalue weighted by atomic mass is 35.5. The first-order valence-corrected chi connectivity index (χ1v) is 13.2. The van der Waals surface area contributed by atoms with Gasteiger partial charge in [-0.3, -0.25) is 19.1 Å². The number of nitrogens with zero attached hydrogens (tertiary/aromatic N) is 4. The second-order valence-corrected chi connectivity index (χ2v) is 10.1. The van der Waals surface area contributed by atoms with Crippen LogP contribution in [0.1, 0.15) is 22.8 Å². The van der Waals surface area contributed by atoms with Crippen molar-refractivity contribution in [3.05, 3.63) is 90.8 Å². The van der Waals surface area contributed by atoms with E-state index in [1.54, 1.807) is 49.5 Å². The highest BCUT2D eigenvalue weighted by Gasteiger charge is 2.19. The number of pyridine rings is 2. The number of benzene rings is 1. The van der Waals surface area contributed by atoms with Crippen molar-refractivity contribution in [2.75, 3.05) is 19.0 Å². The summed E-state index contributed by atoms with van der Waals surface area (Å²) in [4.78, 5) is 46.5. The van der Waals surface area contributed by atoms with Crippen LogP contribution in [0.5, 0.6) is 5.88 Å². The molecular weight excluding hydrogens is 571 g/mol. The fraction of sp³-hybridized carbons (Fsp3) is 0.250. The lowest BCUT2D eigenvalue weighted by atomic mass is 10.1. The minimum atomic E-state index is -0.725. The maximum absolute atomic E-state index is 12.9. The van der Waals surface area contributed by atoms with Crippen molar-refractivity contribution in [2.24, 2.45) is 14.1 Å². The molecule has 3 N–H and O–H groups in total. The molecule has 0 aliphatic rings. The molecule has 1 aromatic carbocycles. The number of amides is 1. The molecule has 4 aromatic rings. The van der Waals surface area contributed by atoms with Gasteiger partial charge in [-0.25, -0.2) is 9.78 Å². The van der Waals surface area contributed by atoms with E-state index in [-0.39, 0.29) is 16.3 Å². The van der Waals surface area contributed by atoms with E-state index in [1.165, 1.54) is 27.4 Å². The van der Waals surface area contributed by atoms with Crippen molar-refractivity contribution in [3.8, 4) is 28.4 Å². The molecule has 0 saturated heterocycles. The number of halogens is 2. The number of hydrogen-bond acceptors (Lipinski definition) is 8. The normalized spacial score (nSPS) is 11.8. The number of aliphatic hydroxyl groups excluding tert-OH is 1. The Balaban J connectivity index is 1.66. The van der Waals surface area contributed by atoms with E-state index in [2.05, 4.69) is 20.6 Å². The molecule has 0 bridgehead atoms. The zero-order valence-electron chi connectivity index (χ0n) is 22.7. The van der Waals surface area contributed by atoms with Gasteiger partial charge in [-0.15, -0.1) is 0 Å². The molecular formula is C28H28Cl2N6O5. The van der Waals surface area contributed by atoms with Gasteiger partial charge >= 0.3 is 5.69 Å². The average molecular weight is 599 g/mol. The molecule has 1 atom stereocenters. The van der Waals surface area contributed by atoms with E-state index in [1.807, 2.05) is 0 Å². The van der Waals surface area contributed by atoms with Crippen LogP contribution in [0.15, 0.2) is 58.4 Å². The smallest absolute Gasteiger partial charge is 0.330 e. The first kappa shape index (κ1) is 29.9. The van der Waals surface area contributed by atoms with Crippen molar-refractivity contribution in [1.29, 1.82) is 0 Å². The molecule has 4 rings (SSSR count). The Morgan fingerprint density at radius 3 is 2.63 bits per heavy atom. The lowest BCUT2D eigenvalue weighted by molar-refractivity contribution is 0.102. The molecule has 0 aliphatic carbocycles. The van der Waals surface area contributed by atoms with Crippen molar-refractivity contribution < 1.29 is 14.6 Å². The maximum atomic E-state index is 12.9. The maximum Gasteiger partial charge on any atom is 0.330 e. The molecule has 3 aromatic heterocycles. The monoisotopic (exact) mass is 598 g/mol. The zero-order valence-corrected chi connectivity index (χ0v) is 24.2. The van der Waals surface area contributed by atoms with Crippen LogP contribution in [-0.2, 0) is 20.6 Å². The summed E-state index contributed by atoms with van der Waals surface area (Å²) in [7, 11) is 4.26. The molecule has 13 heteroatoms. The van der Waals surface area contributed by atoms with Crippen LogP contribution in [0.4, 0.5) is 5.69 Å². The van der Waals surface area contributed by atoms with E-state index in [9.17, 15) is 19.5 Å². The minimum Gasteiger partial charge on any atom is -0.481 e. The van der Waals surface area contributed by atoms with Gasteiger partial charge in [-0.05, 0) is 31.2 Å². The molecule has 0 spiro atoms. The Labute approximate surface area is 245 Å². The number of aliphatic hydroxyl groups is 1. The SMILES string of the molecule is COc1nc(-c2ccnc(-c3cccc(NC(=O)c4cn(C)c(=O)n(C)c4=O)c3Cl)c2)c(Cl)cc1CNCC(C)O. The summed E-state index contributed by atoms with van der Waals surface area (Å²) in [6.07, 6.45) is 2.27. The van der Waals surface area contributed by atoms with Gasteiger partial charge in [-0.2, -0.15) is 0 Å². The molecule has 11 nitrogen and oxygen atoms in total. The average Bonchev–Trinajstić information content (AvgIpc) is 2.95. The van der Waals surface area contributed by atoms with Crippen LogP contribution >= 0.6 is 23.2 Å². The number of rotatable bonds is 9. The summed E-state index contributed by atoms with van der Waals surface area (Å²) in [5.74, 6) is -0.332. The van der Waals surface area contributed by atoms with E-state index in [4.69, 9.17) is 27.9 Å². The Morgan fingerprint density at radius 1 is 1.17 bits per heavy atom. The molecule has 41 heavy (non-hydrogen) atoms. The number of nitrogens with one attached hydrogen (secondary N) is 2. The molecule has 0 aliphatic heterocycles. The summed E-state index contributed by atoms with van der Waals surface area (Å²) < 4.78 is 7.49. The van der Waals surface area contributed by atoms with E-state index < -0.39 is 23.3 Å². The highest BCUT2D eigenvalue weighted by molar-refractivity contribution is 6.36. The number of aryl methyl sites for hydroxylation is 1. The topological polar surface area (TPSA) is 140 Å². The fourth-order valence-corrected chi connectivity index (χ4v) is 4.69. The van der Waals surface area contributed by atoms with Gasteiger partial charge in [0.25, 0.3) is 11.5 Å². The predicted molar refractivity (Wildman–Crippen MR) is 158 cm³/mol. The Morgan fingerprint density at radius 2 is 1.93 bits per heavy atom. The summed E-state index contributed by atoms with van der Waals surface area (Å²) >= 11 is 13.3. The molecule has 0 saturated carbocycles. The van der Waals surface area contributed by atoms with E-state index >= 15 is 0 Å². The second kappa shape index (κ2) is 12.6. The summed E-state index contributed by atoms with van der Waals surface area (Å²) in [6, 6.07) is 10.3. The summed E-state index contributed by atoms with van der Waals surface area (Å²) in [5, 5.41) is 15.9. The van der Waals surface area contributed by atoms with Crippen LogP contribution < -0.4 is 26.6 Å².